The first kappa shape index (κ1) is 14.8. The molecule has 0 saturated carbocycles. The van der Waals surface area contributed by atoms with Crippen molar-refractivity contribution < 1.29 is 13.5 Å². The van der Waals surface area contributed by atoms with Gasteiger partial charge in [-0.3, -0.25) is 0 Å². The Hall–Kier alpha value is -1.56. The van der Waals surface area contributed by atoms with Crippen molar-refractivity contribution in [3.63, 3.8) is 0 Å². The van der Waals surface area contributed by atoms with E-state index in [0.717, 1.165) is 5.56 Å². The fraction of sp³-hybridized carbons (Fsp3) is 0.143. The summed E-state index contributed by atoms with van der Waals surface area (Å²) in [7, 11) is -3.63. The van der Waals surface area contributed by atoms with Crippen molar-refractivity contribution >= 4 is 21.6 Å². The van der Waals surface area contributed by atoms with E-state index in [1.54, 1.807) is 25.1 Å². The van der Waals surface area contributed by atoms with Crippen molar-refractivity contribution in [2.24, 2.45) is 0 Å². The zero-order chi connectivity index (χ0) is 14.8. The summed E-state index contributed by atoms with van der Waals surface area (Å²) >= 11 is 5.93. The summed E-state index contributed by atoms with van der Waals surface area (Å²) in [6, 6.07) is 11.0. The van der Waals surface area contributed by atoms with Gasteiger partial charge in [0.1, 0.15) is 5.75 Å². The molecule has 0 fully saturated rings. The highest BCUT2D eigenvalue weighted by Gasteiger charge is 2.14. The Morgan fingerprint density at radius 3 is 2.60 bits per heavy atom. The fourth-order valence-electron chi connectivity index (χ4n) is 1.67. The standard InChI is InChI=1S/C14H14ClNO3S/c1-10-5-6-13(8-14(10)15)20(18,19)16-9-11-3-2-4-12(17)7-11/h2-8,16-17H,9H2,1H3. The number of halogens is 1. The molecule has 2 aromatic carbocycles. The van der Waals surface area contributed by atoms with Gasteiger partial charge in [0.15, 0.2) is 0 Å². The first-order valence-corrected chi connectivity index (χ1v) is 7.78. The molecule has 0 heterocycles. The topological polar surface area (TPSA) is 66.4 Å². The fourth-order valence-corrected chi connectivity index (χ4v) is 2.96. The van der Waals surface area contributed by atoms with E-state index in [4.69, 9.17) is 11.6 Å². The summed E-state index contributed by atoms with van der Waals surface area (Å²) in [6.45, 7) is 1.90. The van der Waals surface area contributed by atoms with E-state index in [-0.39, 0.29) is 17.2 Å². The van der Waals surface area contributed by atoms with Crippen molar-refractivity contribution in [1.82, 2.24) is 4.72 Å². The molecular formula is C14H14ClNO3S. The molecule has 0 amide bonds. The number of phenols is 1. The van der Waals surface area contributed by atoms with Crippen molar-refractivity contribution in [1.29, 1.82) is 0 Å². The second kappa shape index (κ2) is 5.83. The number of phenolic OH excluding ortho intramolecular Hbond substituents is 1. The Kier molecular flexibility index (Phi) is 4.32. The SMILES string of the molecule is Cc1ccc(S(=O)(=O)NCc2cccc(O)c2)cc1Cl. The van der Waals surface area contributed by atoms with E-state index in [1.807, 2.05) is 0 Å². The maximum atomic E-state index is 12.1. The van der Waals surface area contributed by atoms with Gasteiger partial charge in [0.2, 0.25) is 10.0 Å². The van der Waals surface area contributed by atoms with Crippen molar-refractivity contribution in [3.05, 3.63) is 58.6 Å². The average Bonchev–Trinajstić information content (AvgIpc) is 2.40. The third-order valence-electron chi connectivity index (χ3n) is 2.83. The van der Waals surface area contributed by atoms with Gasteiger partial charge in [-0.25, -0.2) is 13.1 Å². The Morgan fingerprint density at radius 2 is 1.95 bits per heavy atom. The number of sulfonamides is 1. The van der Waals surface area contributed by atoms with Crippen LogP contribution in [0.15, 0.2) is 47.4 Å². The first-order chi connectivity index (χ1) is 9.38. The Labute approximate surface area is 123 Å². The van der Waals surface area contributed by atoms with Gasteiger partial charge in [0.05, 0.1) is 4.90 Å². The van der Waals surface area contributed by atoms with Gasteiger partial charge in [0, 0.05) is 11.6 Å². The summed E-state index contributed by atoms with van der Waals surface area (Å²) in [4.78, 5) is 0.119. The van der Waals surface area contributed by atoms with Crippen LogP contribution in [0, 0.1) is 6.92 Å². The average molecular weight is 312 g/mol. The molecule has 0 aliphatic rings. The van der Waals surface area contributed by atoms with Crippen LogP contribution in [0.4, 0.5) is 0 Å². The van der Waals surface area contributed by atoms with Crippen LogP contribution in [0.25, 0.3) is 0 Å². The molecule has 0 bridgehead atoms. The molecule has 0 unspecified atom stereocenters. The molecule has 2 rings (SSSR count). The van der Waals surface area contributed by atoms with Crippen LogP contribution in [0.1, 0.15) is 11.1 Å². The Bertz CT molecular complexity index is 729. The number of hydrogen-bond acceptors (Lipinski definition) is 3. The van der Waals surface area contributed by atoms with Crippen LogP contribution in [0.2, 0.25) is 5.02 Å². The second-order valence-corrected chi connectivity index (χ2v) is 6.58. The number of nitrogens with one attached hydrogen (secondary N) is 1. The maximum Gasteiger partial charge on any atom is 0.240 e. The number of benzene rings is 2. The molecule has 106 valence electrons. The van der Waals surface area contributed by atoms with Gasteiger partial charge >= 0.3 is 0 Å². The summed E-state index contributed by atoms with van der Waals surface area (Å²) in [5.74, 6) is 0.0973. The van der Waals surface area contributed by atoms with E-state index in [9.17, 15) is 13.5 Å². The van der Waals surface area contributed by atoms with E-state index in [2.05, 4.69) is 4.72 Å². The lowest BCUT2D eigenvalue weighted by Gasteiger charge is -2.08. The van der Waals surface area contributed by atoms with Gasteiger partial charge in [0.25, 0.3) is 0 Å². The second-order valence-electron chi connectivity index (χ2n) is 4.41. The van der Waals surface area contributed by atoms with Crippen LogP contribution < -0.4 is 4.72 Å². The summed E-state index contributed by atoms with van der Waals surface area (Å²) < 4.78 is 26.7. The summed E-state index contributed by atoms with van der Waals surface area (Å²) in [5, 5.41) is 9.74. The highest BCUT2D eigenvalue weighted by atomic mass is 35.5. The molecule has 0 saturated heterocycles. The molecule has 0 aliphatic heterocycles. The zero-order valence-corrected chi connectivity index (χ0v) is 12.4. The predicted molar refractivity (Wildman–Crippen MR) is 78.3 cm³/mol. The van der Waals surface area contributed by atoms with Crippen molar-refractivity contribution in [3.8, 4) is 5.75 Å². The minimum absolute atomic E-state index is 0.0973. The van der Waals surface area contributed by atoms with E-state index in [0.29, 0.717) is 10.6 Å². The van der Waals surface area contributed by atoms with Gasteiger partial charge in [-0.1, -0.05) is 29.8 Å². The summed E-state index contributed by atoms with van der Waals surface area (Å²) in [6.07, 6.45) is 0. The van der Waals surface area contributed by atoms with E-state index >= 15 is 0 Å². The molecule has 0 spiro atoms. The number of aryl methyl sites for hydroxylation is 1. The van der Waals surface area contributed by atoms with Crippen LogP contribution in [0.3, 0.4) is 0 Å². The molecular weight excluding hydrogens is 298 g/mol. The quantitative estimate of drug-likeness (QED) is 0.912. The van der Waals surface area contributed by atoms with Gasteiger partial charge in [-0.2, -0.15) is 0 Å². The number of aromatic hydroxyl groups is 1. The number of rotatable bonds is 4. The maximum absolute atomic E-state index is 12.1. The third-order valence-corrected chi connectivity index (χ3v) is 4.64. The monoisotopic (exact) mass is 311 g/mol. The minimum Gasteiger partial charge on any atom is -0.508 e. The van der Waals surface area contributed by atoms with Gasteiger partial charge in [-0.15, -0.1) is 0 Å². The molecule has 0 atom stereocenters. The lowest BCUT2D eigenvalue weighted by Crippen LogP contribution is -2.23. The molecule has 4 nitrogen and oxygen atoms in total. The highest BCUT2D eigenvalue weighted by Crippen LogP contribution is 2.20. The van der Waals surface area contributed by atoms with Crippen LogP contribution in [-0.2, 0) is 16.6 Å². The first-order valence-electron chi connectivity index (χ1n) is 5.92. The van der Waals surface area contributed by atoms with Gasteiger partial charge in [-0.05, 0) is 42.3 Å². The van der Waals surface area contributed by atoms with Crippen molar-refractivity contribution in [2.75, 3.05) is 0 Å². The van der Waals surface area contributed by atoms with E-state index in [1.165, 1.54) is 24.3 Å². The molecule has 2 N–H and O–H groups in total. The zero-order valence-electron chi connectivity index (χ0n) is 10.8. The molecule has 0 aliphatic carbocycles. The lowest BCUT2D eigenvalue weighted by atomic mass is 10.2. The van der Waals surface area contributed by atoms with E-state index < -0.39 is 10.0 Å². The third kappa shape index (κ3) is 3.50. The minimum atomic E-state index is -3.63. The lowest BCUT2D eigenvalue weighted by molar-refractivity contribution is 0.474. The molecule has 20 heavy (non-hydrogen) atoms. The highest BCUT2D eigenvalue weighted by molar-refractivity contribution is 7.89. The summed E-state index contributed by atoms with van der Waals surface area (Å²) in [5.41, 5.74) is 1.49. The molecule has 2 aromatic rings. The van der Waals surface area contributed by atoms with Crippen LogP contribution in [0.5, 0.6) is 5.75 Å². The normalized spacial score (nSPS) is 11.5. The Balaban J connectivity index is 2.17. The smallest absolute Gasteiger partial charge is 0.240 e. The largest absolute Gasteiger partial charge is 0.508 e. The van der Waals surface area contributed by atoms with Crippen molar-refractivity contribution in [2.45, 2.75) is 18.4 Å². The van der Waals surface area contributed by atoms with Crippen LogP contribution >= 0.6 is 11.6 Å². The molecule has 0 aromatic heterocycles. The predicted octanol–water partition coefficient (Wildman–Crippen LogP) is 2.83. The molecule has 0 radical (unpaired) electrons. The Morgan fingerprint density at radius 1 is 1.20 bits per heavy atom. The van der Waals surface area contributed by atoms with Crippen LogP contribution in [-0.4, -0.2) is 13.5 Å². The molecule has 6 heteroatoms. The van der Waals surface area contributed by atoms with Gasteiger partial charge < -0.3 is 5.11 Å². The number of hydrogen-bond donors (Lipinski definition) is 2.